The first kappa shape index (κ1) is 11.5. The van der Waals surface area contributed by atoms with Crippen molar-refractivity contribution in [3.63, 3.8) is 0 Å². The predicted octanol–water partition coefficient (Wildman–Crippen LogP) is 1.62. The number of methoxy groups -OCH3 is 1. The minimum absolute atomic E-state index is 0.217. The average Bonchev–Trinajstić information content (AvgIpc) is 2.79. The molecular formula is C11H15N5O. The number of ether oxygens (including phenoxy) is 1. The highest BCUT2D eigenvalue weighted by Gasteiger charge is 2.09. The van der Waals surface area contributed by atoms with Crippen LogP contribution in [-0.2, 0) is 4.74 Å². The number of imidazole rings is 1. The van der Waals surface area contributed by atoms with Crippen molar-refractivity contribution in [1.29, 1.82) is 0 Å². The molecule has 0 spiro atoms. The average molecular weight is 233 g/mol. The molecule has 2 aromatic heterocycles. The fraction of sp³-hybridized carbons (Fsp3) is 0.364. The van der Waals surface area contributed by atoms with Gasteiger partial charge in [-0.2, -0.15) is 0 Å². The van der Waals surface area contributed by atoms with Gasteiger partial charge >= 0.3 is 0 Å². The second-order valence-corrected chi connectivity index (χ2v) is 3.71. The molecule has 0 saturated carbocycles. The standard InChI is InChI=1S/C11H15N5O/c1-9(7-17-2)16-4-3-14-11(16)15-10-5-12-8-13-6-10/h3-6,8-9H,7H2,1-2H3,(H,14,15). The van der Waals surface area contributed by atoms with Crippen LogP contribution in [0, 0.1) is 0 Å². The van der Waals surface area contributed by atoms with Crippen LogP contribution in [0.25, 0.3) is 0 Å². The second kappa shape index (κ2) is 5.40. The largest absolute Gasteiger partial charge is 0.383 e. The molecule has 2 heterocycles. The molecule has 0 saturated heterocycles. The molecule has 1 N–H and O–H groups in total. The summed E-state index contributed by atoms with van der Waals surface area (Å²) in [6.07, 6.45) is 8.55. The molecule has 0 aliphatic rings. The lowest BCUT2D eigenvalue weighted by Gasteiger charge is -2.15. The number of nitrogens with one attached hydrogen (secondary N) is 1. The number of rotatable bonds is 5. The van der Waals surface area contributed by atoms with E-state index >= 15 is 0 Å². The number of anilines is 2. The molecule has 0 aliphatic carbocycles. The van der Waals surface area contributed by atoms with Crippen LogP contribution in [0.15, 0.2) is 31.1 Å². The minimum Gasteiger partial charge on any atom is -0.383 e. The monoisotopic (exact) mass is 233 g/mol. The summed E-state index contributed by atoms with van der Waals surface area (Å²) in [6.45, 7) is 2.70. The SMILES string of the molecule is COCC(C)n1ccnc1Nc1cncnc1. The highest BCUT2D eigenvalue weighted by Crippen LogP contribution is 2.17. The molecule has 90 valence electrons. The molecule has 0 aliphatic heterocycles. The van der Waals surface area contributed by atoms with Crippen molar-refractivity contribution in [2.75, 3.05) is 19.0 Å². The van der Waals surface area contributed by atoms with Gasteiger partial charge in [0.05, 0.1) is 30.7 Å². The van der Waals surface area contributed by atoms with Gasteiger partial charge in [-0.25, -0.2) is 15.0 Å². The Morgan fingerprint density at radius 3 is 2.88 bits per heavy atom. The lowest BCUT2D eigenvalue weighted by atomic mass is 10.3. The molecule has 6 nitrogen and oxygen atoms in total. The van der Waals surface area contributed by atoms with Gasteiger partial charge in [0.2, 0.25) is 5.95 Å². The fourth-order valence-electron chi connectivity index (χ4n) is 1.58. The van der Waals surface area contributed by atoms with Crippen LogP contribution in [0.4, 0.5) is 11.6 Å². The lowest BCUT2D eigenvalue weighted by Crippen LogP contribution is -2.12. The molecule has 0 radical (unpaired) electrons. The Kier molecular flexibility index (Phi) is 3.66. The Bertz CT molecular complexity index is 456. The number of aromatic nitrogens is 4. The van der Waals surface area contributed by atoms with E-state index in [-0.39, 0.29) is 6.04 Å². The van der Waals surface area contributed by atoms with Crippen molar-refractivity contribution in [2.45, 2.75) is 13.0 Å². The summed E-state index contributed by atoms with van der Waals surface area (Å²) < 4.78 is 7.14. The summed E-state index contributed by atoms with van der Waals surface area (Å²) >= 11 is 0. The number of nitrogens with zero attached hydrogens (tertiary/aromatic N) is 4. The van der Waals surface area contributed by atoms with Gasteiger partial charge in [-0.3, -0.25) is 0 Å². The van der Waals surface area contributed by atoms with Crippen LogP contribution in [0.5, 0.6) is 0 Å². The third kappa shape index (κ3) is 2.79. The van der Waals surface area contributed by atoms with E-state index in [1.54, 1.807) is 25.7 Å². The summed E-state index contributed by atoms with van der Waals surface area (Å²) in [5.41, 5.74) is 0.810. The quantitative estimate of drug-likeness (QED) is 0.850. The molecule has 2 aromatic rings. The highest BCUT2D eigenvalue weighted by molar-refractivity contribution is 5.50. The van der Waals surface area contributed by atoms with Crippen LogP contribution in [0.1, 0.15) is 13.0 Å². The molecule has 0 bridgehead atoms. The molecule has 0 amide bonds. The molecule has 2 rings (SSSR count). The Balaban J connectivity index is 2.14. The number of hydrogen-bond acceptors (Lipinski definition) is 5. The van der Waals surface area contributed by atoms with Crippen LogP contribution < -0.4 is 5.32 Å². The topological polar surface area (TPSA) is 64.9 Å². The van der Waals surface area contributed by atoms with E-state index < -0.39 is 0 Å². The van der Waals surface area contributed by atoms with Crippen molar-refractivity contribution < 1.29 is 4.74 Å². The van der Waals surface area contributed by atoms with Crippen LogP contribution in [0.2, 0.25) is 0 Å². The first-order valence-electron chi connectivity index (χ1n) is 5.35. The van der Waals surface area contributed by atoms with Gasteiger partial charge in [0.15, 0.2) is 0 Å². The van der Waals surface area contributed by atoms with Gasteiger partial charge in [-0.05, 0) is 6.92 Å². The van der Waals surface area contributed by atoms with Gasteiger partial charge in [0.25, 0.3) is 0 Å². The normalized spacial score (nSPS) is 12.4. The van der Waals surface area contributed by atoms with Gasteiger partial charge in [0.1, 0.15) is 6.33 Å². The first-order chi connectivity index (χ1) is 8.31. The van der Waals surface area contributed by atoms with Crippen LogP contribution in [0.3, 0.4) is 0 Å². The molecule has 17 heavy (non-hydrogen) atoms. The smallest absolute Gasteiger partial charge is 0.207 e. The van der Waals surface area contributed by atoms with Gasteiger partial charge in [-0.15, -0.1) is 0 Å². The summed E-state index contributed by atoms with van der Waals surface area (Å²) in [5.74, 6) is 0.754. The van der Waals surface area contributed by atoms with Crippen LogP contribution in [-0.4, -0.2) is 33.2 Å². The molecule has 1 unspecified atom stereocenters. The van der Waals surface area contributed by atoms with E-state index in [4.69, 9.17) is 4.74 Å². The Morgan fingerprint density at radius 1 is 1.41 bits per heavy atom. The lowest BCUT2D eigenvalue weighted by molar-refractivity contribution is 0.163. The van der Waals surface area contributed by atoms with Crippen molar-refractivity contribution in [1.82, 2.24) is 19.5 Å². The minimum atomic E-state index is 0.217. The van der Waals surface area contributed by atoms with Gasteiger partial charge < -0.3 is 14.6 Å². The maximum Gasteiger partial charge on any atom is 0.207 e. The summed E-state index contributed by atoms with van der Waals surface area (Å²) in [5, 5.41) is 3.16. The van der Waals surface area contributed by atoms with E-state index in [1.807, 2.05) is 10.8 Å². The molecule has 0 fully saturated rings. The predicted molar refractivity (Wildman–Crippen MR) is 64.1 cm³/mol. The second-order valence-electron chi connectivity index (χ2n) is 3.71. The van der Waals surface area contributed by atoms with E-state index in [2.05, 4.69) is 27.2 Å². The fourth-order valence-corrected chi connectivity index (χ4v) is 1.58. The Morgan fingerprint density at radius 2 is 2.18 bits per heavy atom. The number of hydrogen-bond donors (Lipinski definition) is 1. The van der Waals surface area contributed by atoms with E-state index in [9.17, 15) is 0 Å². The first-order valence-corrected chi connectivity index (χ1v) is 5.35. The Hall–Kier alpha value is -1.95. The highest BCUT2D eigenvalue weighted by atomic mass is 16.5. The maximum absolute atomic E-state index is 5.13. The molecular weight excluding hydrogens is 218 g/mol. The van der Waals surface area contributed by atoms with Crippen molar-refractivity contribution in [2.24, 2.45) is 0 Å². The third-order valence-corrected chi connectivity index (χ3v) is 2.37. The third-order valence-electron chi connectivity index (χ3n) is 2.37. The van der Waals surface area contributed by atoms with Gasteiger partial charge in [-0.1, -0.05) is 0 Å². The maximum atomic E-state index is 5.13. The summed E-state index contributed by atoms with van der Waals surface area (Å²) in [4.78, 5) is 12.1. The van der Waals surface area contributed by atoms with Crippen molar-refractivity contribution in [3.8, 4) is 0 Å². The Labute approximate surface area is 99.7 Å². The van der Waals surface area contributed by atoms with Crippen molar-refractivity contribution in [3.05, 3.63) is 31.1 Å². The van der Waals surface area contributed by atoms with E-state index in [0.29, 0.717) is 6.61 Å². The zero-order valence-corrected chi connectivity index (χ0v) is 9.87. The zero-order valence-electron chi connectivity index (χ0n) is 9.87. The van der Waals surface area contributed by atoms with Gasteiger partial charge in [0, 0.05) is 19.5 Å². The molecule has 0 aromatic carbocycles. The van der Waals surface area contributed by atoms with Crippen LogP contribution >= 0.6 is 0 Å². The van der Waals surface area contributed by atoms with Crippen molar-refractivity contribution >= 4 is 11.6 Å². The zero-order chi connectivity index (χ0) is 12.1. The summed E-state index contributed by atoms with van der Waals surface area (Å²) in [6, 6.07) is 0.217. The summed E-state index contributed by atoms with van der Waals surface area (Å²) in [7, 11) is 1.69. The molecule has 1 atom stereocenters. The molecule has 6 heteroatoms. The van der Waals surface area contributed by atoms with E-state index in [0.717, 1.165) is 11.6 Å². The van der Waals surface area contributed by atoms with E-state index in [1.165, 1.54) is 6.33 Å².